The van der Waals surface area contributed by atoms with Crippen LogP contribution in [0.1, 0.15) is 13.3 Å². The Labute approximate surface area is 86.8 Å². The Morgan fingerprint density at radius 1 is 1.57 bits per heavy atom. The van der Waals surface area contributed by atoms with Gasteiger partial charge < -0.3 is 10.4 Å². The number of rotatable bonds is 7. The molecule has 0 aromatic rings. The van der Waals surface area contributed by atoms with Crippen LogP contribution in [0.15, 0.2) is 11.6 Å². The molecular weight excluding hydrogens is 202 g/mol. The summed E-state index contributed by atoms with van der Waals surface area (Å²) in [6.45, 7) is 2.88. The van der Waals surface area contributed by atoms with Crippen LogP contribution in [-0.4, -0.2) is 40.4 Å². The minimum Gasteiger partial charge on any atom is -0.478 e. The molecule has 0 aliphatic carbocycles. The zero-order valence-corrected chi connectivity index (χ0v) is 9.39. The van der Waals surface area contributed by atoms with Crippen molar-refractivity contribution >= 4 is 16.8 Å². The van der Waals surface area contributed by atoms with Crippen LogP contribution in [0.4, 0.5) is 0 Å². The molecule has 1 atom stereocenters. The van der Waals surface area contributed by atoms with Gasteiger partial charge in [-0.2, -0.15) is 0 Å². The molecule has 2 N–H and O–H groups in total. The molecule has 0 aromatic heterocycles. The summed E-state index contributed by atoms with van der Waals surface area (Å²) in [6.07, 6.45) is 4.16. The maximum atomic E-state index is 10.7. The van der Waals surface area contributed by atoms with E-state index in [1.54, 1.807) is 19.3 Å². The number of hydrogen-bond acceptors (Lipinski definition) is 3. The lowest BCUT2D eigenvalue weighted by molar-refractivity contribution is -0.132. The van der Waals surface area contributed by atoms with Gasteiger partial charge in [0.15, 0.2) is 0 Å². The number of carbonyl (C=O) groups is 1. The van der Waals surface area contributed by atoms with Crippen molar-refractivity contribution < 1.29 is 14.1 Å². The van der Waals surface area contributed by atoms with Gasteiger partial charge in [-0.25, -0.2) is 4.79 Å². The molecule has 0 heterocycles. The van der Waals surface area contributed by atoms with Crippen molar-refractivity contribution in [3.05, 3.63) is 11.6 Å². The maximum absolute atomic E-state index is 10.7. The first-order chi connectivity index (χ1) is 6.54. The molecule has 0 fully saturated rings. The first kappa shape index (κ1) is 13.3. The maximum Gasteiger partial charge on any atom is 0.330 e. The van der Waals surface area contributed by atoms with Crippen LogP contribution in [-0.2, 0) is 15.6 Å². The van der Waals surface area contributed by atoms with Gasteiger partial charge in [0.1, 0.15) is 0 Å². The summed E-state index contributed by atoms with van der Waals surface area (Å²) >= 11 is 0. The fourth-order valence-electron chi connectivity index (χ4n) is 0.815. The van der Waals surface area contributed by atoms with E-state index in [0.717, 1.165) is 13.0 Å². The highest BCUT2D eigenvalue weighted by atomic mass is 32.2. The first-order valence-corrected chi connectivity index (χ1v) is 6.17. The van der Waals surface area contributed by atoms with Crippen LogP contribution in [0, 0.1) is 0 Å². The van der Waals surface area contributed by atoms with Gasteiger partial charge in [0.2, 0.25) is 0 Å². The highest BCUT2D eigenvalue weighted by Crippen LogP contribution is 1.89. The molecule has 1 unspecified atom stereocenters. The summed E-state index contributed by atoms with van der Waals surface area (Å²) in [6, 6.07) is 0. The molecule has 14 heavy (non-hydrogen) atoms. The molecule has 0 spiro atoms. The van der Waals surface area contributed by atoms with Crippen molar-refractivity contribution in [1.29, 1.82) is 0 Å². The second-order valence-corrected chi connectivity index (χ2v) is 4.58. The van der Waals surface area contributed by atoms with E-state index >= 15 is 0 Å². The number of carboxylic acid groups (broad SMARTS) is 1. The predicted molar refractivity (Wildman–Crippen MR) is 57.8 cm³/mol. The molecule has 0 saturated carbocycles. The van der Waals surface area contributed by atoms with Crippen LogP contribution in [0.3, 0.4) is 0 Å². The largest absolute Gasteiger partial charge is 0.478 e. The molecule has 0 bridgehead atoms. The van der Waals surface area contributed by atoms with E-state index in [1.807, 2.05) is 0 Å². The predicted octanol–water partition coefficient (Wildman–Crippen LogP) is 0.375. The third kappa shape index (κ3) is 7.94. The van der Waals surface area contributed by atoms with Gasteiger partial charge in [0, 0.05) is 34.9 Å². The molecule has 0 aliphatic rings. The van der Waals surface area contributed by atoms with Crippen molar-refractivity contribution in [3.63, 3.8) is 0 Å². The number of carboxylic acids is 1. The van der Waals surface area contributed by atoms with Gasteiger partial charge in [-0.3, -0.25) is 4.21 Å². The first-order valence-electron chi connectivity index (χ1n) is 4.45. The van der Waals surface area contributed by atoms with E-state index in [4.69, 9.17) is 5.11 Å². The summed E-state index contributed by atoms with van der Waals surface area (Å²) in [5.41, 5.74) is 0.344. The van der Waals surface area contributed by atoms with Gasteiger partial charge in [-0.1, -0.05) is 6.08 Å². The van der Waals surface area contributed by atoms with E-state index in [2.05, 4.69) is 5.32 Å². The number of aliphatic carboxylic acids is 1. The van der Waals surface area contributed by atoms with E-state index < -0.39 is 16.8 Å². The summed E-state index contributed by atoms with van der Waals surface area (Å²) in [5.74, 6) is -0.198. The molecule has 82 valence electrons. The highest BCUT2D eigenvalue weighted by Gasteiger charge is 1.97. The fraction of sp³-hybridized carbons (Fsp3) is 0.667. The van der Waals surface area contributed by atoms with Crippen molar-refractivity contribution in [2.45, 2.75) is 13.3 Å². The number of hydrogen-bond donors (Lipinski definition) is 2. The molecule has 0 rings (SSSR count). The van der Waals surface area contributed by atoms with E-state index in [-0.39, 0.29) is 0 Å². The van der Waals surface area contributed by atoms with Gasteiger partial charge >= 0.3 is 5.97 Å². The Balaban J connectivity index is 3.42. The highest BCUT2D eigenvalue weighted by molar-refractivity contribution is 7.84. The van der Waals surface area contributed by atoms with Crippen molar-refractivity contribution in [2.24, 2.45) is 0 Å². The molecule has 0 amide bonds. The third-order valence-electron chi connectivity index (χ3n) is 1.68. The van der Waals surface area contributed by atoms with E-state index in [9.17, 15) is 9.00 Å². The normalized spacial score (nSPS) is 14.0. The molecule has 0 radical (unpaired) electrons. The molecule has 5 heteroatoms. The number of nitrogens with one attached hydrogen (secondary N) is 1. The van der Waals surface area contributed by atoms with Crippen molar-refractivity contribution in [1.82, 2.24) is 5.32 Å². The smallest absolute Gasteiger partial charge is 0.330 e. The van der Waals surface area contributed by atoms with Gasteiger partial charge in [0.05, 0.1) is 0 Å². The Hall–Kier alpha value is -0.680. The Morgan fingerprint density at radius 2 is 2.21 bits per heavy atom. The van der Waals surface area contributed by atoms with Gasteiger partial charge in [0.25, 0.3) is 0 Å². The van der Waals surface area contributed by atoms with Crippen LogP contribution in [0.25, 0.3) is 0 Å². The zero-order valence-electron chi connectivity index (χ0n) is 8.58. The quantitative estimate of drug-likeness (QED) is 0.480. The second-order valence-electron chi connectivity index (χ2n) is 3.03. The SMILES string of the molecule is CC(=CCNCCCS(C)=O)C(=O)O. The van der Waals surface area contributed by atoms with E-state index in [0.29, 0.717) is 17.9 Å². The summed E-state index contributed by atoms with van der Waals surface area (Å²) in [7, 11) is -0.737. The Bertz CT molecular complexity index is 238. The third-order valence-corrected chi connectivity index (χ3v) is 2.54. The van der Waals surface area contributed by atoms with Crippen LogP contribution < -0.4 is 5.32 Å². The lowest BCUT2D eigenvalue weighted by Crippen LogP contribution is -2.17. The molecular formula is C9H17NO3S. The fourth-order valence-corrected chi connectivity index (χ4v) is 1.37. The average molecular weight is 219 g/mol. The Morgan fingerprint density at radius 3 is 2.71 bits per heavy atom. The van der Waals surface area contributed by atoms with Gasteiger partial charge in [-0.05, 0) is 19.9 Å². The standard InChI is InChI=1S/C9H17NO3S/c1-8(9(11)12)4-6-10-5-3-7-14(2)13/h4,10H,3,5-7H2,1-2H3,(H,11,12). The zero-order chi connectivity index (χ0) is 11.0. The molecule has 0 saturated heterocycles. The lowest BCUT2D eigenvalue weighted by atomic mass is 10.3. The summed E-state index contributed by atoms with van der Waals surface area (Å²) in [5, 5.41) is 11.6. The molecule has 4 nitrogen and oxygen atoms in total. The molecule has 0 aliphatic heterocycles. The van der Waals surface area contributed by atoms with Crippen molar-refractivity contribution in [2.75, 3.05) is 25.1 Å². The van der Waals surface area contributed by atoms with Crippen LogP contribution >= 0.6 is 0 Å². The minimum absolute atomic E-state index is 0.344. The average Bonchev–Trinajstić information content (AvgIpc) is 2.09. The monoisotopic (exact) mass is 219 g/mol. The molecule has 0 aromatic carbocycles. The summed E-state index contributed by atoms with van der Waals surface area (Å²) < 4.78 is 10.7. The Kier molecular flexibility index (Phi) is 7.32. The van der Waals surface area contributed by atoms with Crippen LogP contribution in [0.5, 0.6) is 0 Å². The minimum atomic E-state index is -0.888. The van der Waals surface area contributed by atoms with E-state index in [1.165, 1.54) is 0 Å². The topological polar surface area (TPSA) is 66.4 Å². The van der Waals surface area contributed by atoms with Crippen molar-refractivity contribution in [3.8, 4) is 0 Å². The summed E-state index contributed by atoms with van der Waals surface area (Å²) in [4.78, 5) is 10.4. The second kappa shape index (κ2) is 7.70. The van der Waals surface area contributed by atoms with Gasteiger partial charge in [-0.15, -0.1) is 0 Å². The lowest BCUT2D eigenvalue weighted by Gasteiger charge is -2.00. The van der Waals surface area contributed by atoms with Crippen LogP contribution in [0.2, 0.25) is 0 Å².